The van der Waals surface area contributed by atoms with Crippen molar-refractivity contribution in [1.29, 1.82) is 0 Å². The van der Waals surface area contributed by atoms with E-state index in [9.17, 15) is 14.9 Å². The molecule has 0 fully saturated rings. The molecule has 0 radical (unpaired) electrons. The summed E-state index contributed by atoms with van der Waals surface area (Å²) in [5.41, 5.74) is 1.63. The Morgan fingerprint density at radius 3 is 2.69 bits per heavy atom. The van der Waals surface area contributed by atoms with Gasteiger partial charge in [0.15, 0.2) is 5.82 Å². The molecule has 0 spiro atoms. The number of carbonyl (C=O) groups excluding carboxylic acids is 1. The third-order valence-electron chi connectivity index (χ3n) is 3.78. The normalized spacial score (nSPS) is 10.7. The van der Waals surface area contributed by atoms with Crippen molar-refractivity contribution in [3.05, 3.63) is 51.8 Å². The number of benzene rings is 1. The van der Waals surface area contributed by atoms with Gasteiger partial charge in [0.1, 0.15) is 11.4 Å². The Bertz CT molecular complexity index is 950. The Labute approximate surface area is 153 Å². The summed E-state index contributed by atoms with van der Waals surface area (Å²) in [4.78, 5) is 27.0. The van der Waals surface area contributed by atoms with E-state index in [4.69, 9.17) is 0 Å². The smallest absolute Gasteiger partial charge is 0.301 e. The molecule has 2 aromatic heterocycles. The predicted octanol–water partition coefficient (Wildman–Crippen LogP) is 2.96. The summed E-state index contributed by atoms with van der Waals surface area (Å²) < 4.78 is 5.70. The van der Waals surface area contributed by atoms with Crippen LogP contribution < -0.4 is 5.32 Å². The van der Waals surface area contributed by atoms with Gasteiger partial charge in [0.25, 0.3) is 0 Å². The highest BCUT2D eigenvalue weighted by Crippen LogP contribution is 2.23. The fraction of sp³-hybridized carbons (Fsp3) is 0.250. The highest BCUT2D eigenvalue weighted by Gasteiger charge is 2.22. The summed E-state index contributed by atoms with van der Waals surface area (Å²) in [7, 11) is 0. The second kappa shape index (κ2) is 7.40. The number of nitrogens with one attached hydrogen (secondary N) is 1. The summed E-state index contributed by atoms with van der Waals surface area (Å²) in [5, 5.41) is 18.2. The van der Waals surface area contributed by atoms with Gasteiger partial charge in [-0.15, -0.1) is 0 Å². The van der Waals surface area contributed by atoms with Crippen LogP contribution in [0.4, 0.5) is 10.8 Å². The van der Waals surface area contributed by atoms with Crippen molar-refractivity contribution < 1.29 is 9.72 Å². The molecule has 0 saturated carbocycles. The van der Waals surface area contributed by atoms with Crippen molar-refractivity contribution in [2.75, 3.05) is 5.32 Å². The van der Waals surface area contributed by atoms with Crippen LogP contribution >= 0.6 is 11.5 Å². The number of nitrogens with zero attached hydrogens (tertiary/aromatic N) is 5. The average Bonchev–Trinajstić information content (AvgIpc) is 3.18. The first-order chi connectivity index (χ1) is 12.5. The van der Waals surface area contributed by atoms with Crippen LogP contribution in [0, 0.1) is 24.0 Å². The Morgan fingerprint density at radius 2 is 2.04 bits per heavy atom. The third-order valence-corrected chi connectivity index (χ3v) is 4.41. The third kappa shape index (κ3) is 3.75. The Kier molecular flexibility index (Phi) is 5.03. The number of hydrogen-bond acceptors (Lipinski definition) is 7. The van der Waals surface area contributed by atoms with Crippen molar-refractivity contribution in [2.24, 2.45) is 0 Å². The second-order valence-electron chi connectivity index (χ2n) is 5.59. The Morgan fingerprint density at radius 1 is 1.31 bits per heavy atom. The highest BCUT2D eigenvalue weighted by atomic mass is 32.1. The quantitative estimate of drug-likeness (QED) is 0.525. The van der Waals surface area contributed by atoms with Crippen molar-refractivity contribution in [3.8, 4) is 11.4 Å². The first-order valence-electron chi connectivity index (χ1n) is 7.83. The minimum absolute atomic E-state index is 0.0120. The molecular weight excluding hydrogens is 356 g/mol. The number of anilines is 1. The van der Waals surface area contributed by atoms with Gasteiger partial charge < -0.3 is 5.32 Å². The molecule has 0 aliphatic rings. The van der Waals surface area contributed by atoms with Crippen LogP contribution in [0.3, 0.4) is 0 Å². The van der Waals surface area contributed by atoms with Crippen LogP contribution in [0.5, 0.6) is 0 Å². The van der Waals surface area contributed by atoms with Gasteiger partial charge in [-0.2, -0.15) is 14.5 Å². The first-order valence-corrected chi connectivity index (χ1v) is 8.60. The molecule has 26 heavy (non-hydrogen) atoms. The lowest BCUT2D eigenvalue weighted by Crippen LogP contribution is -2.15. The molecule has 0 unspecified atom stereocenters. The first kappa shape index (κ1) is 17.7. The van der Waals surface area contributed by atoms with Crippen molar-refractivity contribution in [1.82, 2.24) is 19.1 Å². The lowest BCUT2D eigenvalue weighted by molar-refractivity contribution is -0.386. The summed E-state index contributed by atoms with van der Waals surface area (Å²) in [6.45, 7) is 3.44. The van der Waals surface area contributed by atoms with E-state index in [2.05, 4.69) is 19.8 Å². The van der Waals surface area contributed by atoms with Crippen LogP contribution in [0.15, 0.2) is 30.3 Å². The molecule has 2 heterocycles. The lowest BCUT2D eigenvalue weighted by Gasteiger charge is -2.03. The van der Waals surface area contributed by atoms with Crippen molar-refractivity contribution in [3.63, 3.8) is 0 Å². The van der Waals surface area contributed by atoms with E-state index in [0.717, 1.165) is 17.1 Å². The number of hydrogen-bond donors (Lipinski definition) is 1. The van der Waals surface area contributed by atoms with Gasteiger partial charge in [0, 0.05) is 23.5 Å². The van der Waals surface area contributed by atoms with Crippen LogP contribution in [-0.4, -0.2) is 30.0 Å². The van der Waals surface area contributed by atoms with Crippen molar-refractivity contribution in [2.45, 2.75) is 26.8 Å². The maximum Gasteiger partial charge on any atom is 0.312 e. The standard InChI is InChI=1S/C16H16N6O3S/c1-10-14(22(24)25)11(2)21(19-10)9-8-13(23)17-16-18-15(20-26-16)12-6-4-3-5-7-12/h3-7H,8-9H2,1-2H3,(H,17,18,20,23). The van der Waals surface area contributed by atoms with Gasteiger partial charge in [-0.25, -0.2) is 0 Å². The van der Waals surface area contributed by atoms with Crippen LogP contribution in [0.25, 0.3) is 11.4 Å². The number of nitro groups is 1. The molecule has 3 rings (SSSR count). The van der Waals surface area contributed by atoms with E-state index in [-0.39, 0.29) is 24.6 Å². The summed E-state index contributed by atoms with van der Waals surface area (Å²) in [6.07, 6.45) is 0.124. The molecule has 1 amide bonds. The molecule has 9 nitrogen and oxygen atoms in total. The summed E-state index contributed by atoms with van der Waals surface area (Å²) in [6, 6.07) is 9.47. The zero-order chi connectivity index (χ0) is 18.7. The Hall–Kier alpha value is -3.14. The Balaban J connectivity index is 1.61. The maximum absolute atomic E-state index is 12.1. The minimum Gasteiger partial charge on any atom is -0.301 e. The predicted molar refractivity (Wildman–Crippen MR) is 96.9 cm³/mol. The molecule has 0 aliphatic heterocycles. The van der Waals surface area contributed by atoms with E-state index in [1.54, 1.807) is 13.8 Å². The van der Waals surface area contributed by atoms with Gasteiger partial charge in [-0.1, -0.05) is 30.3 Å². The van der Waals surface area contributed by atoms with E-state index >= 15 is 0 Å². The van der Waals surface area contributed by atoms with E-state index in [1.165, 1.54) is 4.68 Å². The van der Waals surface area contributed by atoms with Crippen LogP contribution in [0.1, 0.15) is 17.8 Å². The molecular formula is C16H16N6O3S. The lowest BCUT2D eigenvalue weighted by atomic mass is 10.2. The monoisotopic (exact) mass is 372 g/mol. The van der Waals surface area contributed by atoms with Crippen molar-refractivity contribution >= 4 is 28.3 Å². The topological polar surface area (TPSA) is 116 Å². The van der Waals surface area contributed by atoms with Crippen LogP contribution in [-0.2, 0) is 11.3 Å². The van der Waals surface area contributed by atoms with Gasteiger partial charge in [-0.3, -0.25) is 19.6 Å². The van der Waals surface area contributed by atoms with Gasteiger partial charge in [-0.05, 0) is 13.8 Å². The molecule has 0 atom stereocenters. The number of aryl methyl sites for hydroxylation is 2. The minimum atomic E-state index is -0.458. The largest absolute Gasteiger partial charge is 0.312 e. The highest BCUT2D eigenvalue weighted by molar-refractivity contribution is 7.10. The van der Waals surface area contributed by atoms with Crippen LogP contribution in [0.2, 0.25) is 0 Å². The second-order valence-corrected chi connectivity index (χ2v) is 6.34. The van der Waals surface area contributed by atoms with E-state index in [0.29, 0.717) is 22.3 Å². The maximum atomic E-state index is 12.1. The summed E-state index contributed by atoms with van der Waals surface area (Å²) in [5.74, 6) is 0.302. The molecule has 0 aliphatic carbocycles. The fourth-order valence-electron chi connectivity index (χ4n) is 2.54. The molecule has 0 saturated heterocycles. The molecule has 134 valence electrons. The number of aromatic nitrogens is 4. The van der Waals surface area contributed by atoms with Gasteiger partial charge in [0.2, 0.25) is 11.0 Å². The zero-order valence-electron chi connectivity index (χ0n) is 14.2. The summed E-state index contributed by atoms with van der Waals surface area (Å²) >= 11 is 1.10. The molecule has 10 heteroatoms. The molecule has 1 aromatic carbocycles. The number of rotatable bonds is 6. The SMILES string of the molecule is Cc1nn(CCC(=O)Nc2nc(-c3ccccc3)ns2)c(C)c1[N+](=O)[O-]. The molecule has 0 bridgehead atoms. The van der Waals surface area contributed by atoms with Gasteiger partial charge in [0.05, 0.1) is 11.5 Å². The molecule has 3 aromatic rings. The fourth-order valence-corrected chi connectivity index (χ4v) is 3.14. The number of carbonyl (C=O) groups is 1. The van der Waals surface area contributed by atoms with Gasteiger partial charge >= 0.3 is 5.69 Å². The van der Waals surface area contributed by atoms with E-state index in [1.807, 2.05) is 30.3 Å². The molecule has 1 N–H and O–H groups in total. The average molecular weight is 372 g/mol. The number of amides is 1. The zero-order valence-corrected chi connectivity index (χ0v) is 15.0. The van der Waals surface area contributed by atoms with E-state index < -0.39 is 4.92 Å².